The second-order valence-electron chi connectivity index (χ2n) is 9.06. The molecule has 0 radical (unpaired) electrons. The van der Waals surface area contributed by atoms with Crippen molar-refractivity contribution in [2.45, 2.75) is 93.4 Å². The van der Waals surface area contributed by atoms with Crippen molar-refractivity contribution in [3.8, 4) is 0 Å². The van der Waals surface area contributed by atoms with Crippen LogP contribution in [0.5, 0.6) is 0 Å². The Bertz CT molecular complexity index is 426. The van der Waals surface area contributed by atoms with E-state index in [0.717, 1.165) is 0 Å². The minimum Gasteiger partial charge on any atom is -0.378 e. The minimum absolute atomic E-state index is 0.123. The fourth-order valence-electron chi connectivity index (χ4n) is 2.99. The van der Waals surface area contributed by atoms with Crippen LogP contribution in [0.15, 0.2) is 0 Å². The van der Waals surface area contributed by atoms with Crippen molar-refractivity contribution >= 4 is 25.3 Å². The van der Waals surface area contributed by atoms with E-state index < -0.39 is 13.9 Å². The van der Waals surface area contributed by atoms with E-state index in [0.29, 0.717) is 56.3 Å². The molecule has 8 heteroatoms. The SMILES string of the molecule is CC(C)N(C(C)C)P(OCCOCCSC(=O)C(C)(C)CN)N(C(C)C)C(C)C. The standard InChI is InChI=1S/C21H46N3O3PS/c1-16(2)23(17(3)4)28(24(18(5)6)19(7)8)27-12-11-26-13-14-29-20(25)21(9,10)15-22/h16-19H,11-15,22H2,1-10H3. The average molecular weight is 452 g/mol. The fraction of sp³-hybridized carbons (Fsp3) is 0.952. The van der Waals surface area contributed by atoms with Gasteiger partial charge in [-0.2, -0.15) is 0 Å². The van der Waals surface area contributed by atoms with Crippen LogP contribution in [0, 0.1) is 5.41 Å². The first kappa shape index (κ1) is 29.2. The van der Waals surface area contributed by atoms with E-state index >= 15 is 0 Å². The summed E-state index contributed by atoms with van der Waals surface area (Å²) in [5.41, 5.74) is 5.18. The Balaban J connectivity index is 4.67. The van der Waals surface area contributed by atoms with Gasteiger partial charge in [0.2, 0.25) is 0 Å². The zero-order valence-corrected chi connectivity index (χ0v) is 22.1. The largest absolute Gasteiger partial charge is 0.378 e. The van der Waals surface area contributed by atoms with Crippen LogP contribution >= 0.6 is 20.2 Å². The van der Waals surface area contributed by atoms with Crippen LogP contribution < -0.4 is 5.73 Å². The number of rotatable bonds is 15. The normalized spacial score (nSPS) is 13.3. The molecule has 0 unspecified atom stereocenters. The average Bonchev–Trinajstić information content (AvgIpc) is 2.58. The molecule has 174 valence electrons. The van der Waals surface area contributed by atoms with E-state index in [9.17, 15) is 4.79 Å². The Morgan fingerprint density at radius 1 is 0.897 bits per heavy atom. The van der Waals surface area contributed by atoms with Crippen molar-refractivity contribution < 1.29 is 14.1 Å². The molecule has 0 atom stereocenters. The number of hydrogen-bond donors (Lipinski definition) is 1. The second kappa shape index (κ2) is 14.3. The lowest BCUT2D eigenvalue weighted by molar-refractivity contribution is -0.117. The molecule has 0 rings (SSSR count). The zero-order chi connectivity index (χ0) is 22.8. The molecule has 0 aliphatic heterocycles. The van der Waals surface area contributed by atoms with Crippen molar-refractivity contribution in [2.24, 2.45) is 11.1 Å². The maximum atomic E-state index is 12.1. The van der Waals surface area contributed by atoms with Gasteiger partial charge in [-0.15, -0.1) is 0 Å². The zero-order valence-electron chi connectivity index (χ0n) is 20.4. The summed E-state index contributed by atoms with van der Waals surface area (Å²) in [5.74, 6) is 0.644. The van der Waals surface area contributed by atoms with E-state index in [2.05, 4.69) is 64.7 Å². The first-order chi connectivity index (χ1) is 13.4. The summed E-state index contributed by atoms with van der Waals surface area (Å²) in [4.78, 5) is 12.1. The van der Waals surface area contributed by atoms with Gasteiger partial charge >= 0.3 is 0 Å². The summed E-state index contributed by atoms with van der Waals surface area (Å²) < 4.78 is 17.1. The quantitative estimate of drug-likeness (QED) is 0.285. The van der Waals surface area contributed by atoms with Crippen LogP contribution in [0.25, 0.3) is 0 Å². The van der Waals surface area contributed by atoms with Gasteiger partial charge in [0.25, 0.3) is 0 Å². The Labute approximate surface area is 185 Å². The van der Waals surface area contributed by atoms with Gasteiger partial charge in [-0.05, 0) is 55.4 Å². The lowest BCUT2D eigenvalue weighted by Crippen LogP contribution is -2.43. The van der Waals surface area contributed by atoms with Crippen molar-refractivity contribution in [1.82, 2.24) is 9.34 Å². The number of nitrogens with zero attached hydrogens (tertiary/aromatic N) is 2. The molecule has 0 heterocycles. The molecule has 0 amide bonds. The molecule has 0 spiro atoms. The molecule has 0 saturated carbocycles. The number of ether oxygens (including phenoxy) is 1. The number of carbonyl (C=O) groups excluding carboxylic acids is 1. The molecule has 0 aromatic rings. The van der Waals surface area contributed by atoms with Gasteiger partial charge in [0.1, 0.15) is 0 Å². The maximum Gasteiger partial charge on any atom is 0.195 e. The maximum absolute atomic E-state index is 12.1. The minimum atomic E-state index is -0.884. The Morgan fingerprint density at radius 3 is 1.72 bits per heavy atom. The molecule has 0 aliphatic rings. The molecule has 0 fully saturated rings. The summed E-state index contributed by atoms with van der Waals surface area (Å²) in [7, 11) is -0.884. The molecule has 2 N–H and O–H groups in total. The predicted molar refractivity (Wildman–Crippen MR) is 128 cm³/mol. The highest BCUT2D eigenvalue weighted by Gasteiger charge is 2.34. The number of carbonyl (C=O) groups is 1. The molecular weight excluding hydrogens is 405 g/mol. The van der Waals surface area contributed by atoms with Gasteiger partial charge in [0.05, 0.1) is 19.8 Å². The number of thioether (sulfide) groups is 1. The van der Waals surface area contributed by atoms with Crippen molar-refractivity contribution in [2.75, 3.05) is 32.1 Å². The van der Waals surface area contributed by atoms with E-state index in [1.807, 2.05) is 13.8 Å². The van der Waals surface area contributed by atoms with Gasteiger partial charge in [-0.1, -0.05) is 25.6 Å². The van der Waals surface area contributed by atoms with Crippen LogP contribution in [-0.2, 0) is 14.1 Å². The Hall–Kier alpha value is 0.250. The Morgan fingerprint density at radius 2 is 1.34 bits per heavy atom. The van der Waals surface area contributed by atoms with Gasteiger partial charge in [-0.3, -0.25) is 4.79 Å². The third kappa shape index (κ3) is 10.4. The van der Waals surface area contributed by atoms with Crippen LogP contribution in [0.3, 0.4) is 0 Å². The Kier molecular flexibility index (Phi) is 14.5. The van der Waals surface area contributed by atoms with Gasteiger partial charge in [-0.25, -0.2) is 9.34 Å². The third-order valence-electron chi connectivity index (χ3n) is 4.47. The summed E-state index contributed by atoms with van der Waals surface area (Å²) in [6, 6.07) is 1.59. The van der Waals surface area contributed by atoms with Gasteiger partial charge in [0.15, 0.2) is 13.6 Å². The summed E-state index contributed by atoms with van der Waals surface area (Å²) in [6.07, 6.45) is 0. The van der Waals surface area contributed by atoms with E-state index in [4.69, 9.17) is 15.0 Å². The molecule has 29 heavy (non-hydrogen) atoms. The molecule has 0 saturated heterocycles. The van der Waals surface area contributed by atoms with Crippen LogP contribution in [0.1, 0.15) is 69.2 Å². The molecule has 0 aliphatic carbocycles. The highest BCUT2D eigenvalue weighted by atomic mass is 32.2. The fourth-order valence-corrected chi connectivity index (χ4v) is 6.17. The molecular formula is C21H46N3O3PS. The van der Waals surface area contributed by atoms with Gasteiger partial charge in [0, 0.05) is 41.9 Å². The van der Waals surface area contributed by atoms with Crippen LogP contribution in [0.4, 0.5) is 0 Å². The number of nitrogens with two attached hydrogens (primary N) is 1. The van der Waals surface area contributed by atoms with Crippen molar-refractivity contribution in [1.29, 1.82) is 0 Å². The topological polar surface area (TPSA) is 68.0 Å². The van der Waals surface area contributed by atoms with E-state index in [1.54, 1.807) is 0 Å². The lowest BCUT2D eigenvalue weighted by atomic mass is 9.96. The van der Waals surface area contributed by atoms with Crippen LogP contribution in [-0.4, -0.2) is 70.7 Å². The molecule has 6 nitrogen and oxygen atoms in total. The molecule has 0 aromatic carbocycles. The number of hydrogen-bond acceptors (Lipinski definition) is 7. The van der Waals surface area contributed by atoms with Crippen molar-refractivity contribution in [3.05, 3.63) is 0 Å². The summed E-state index contributed by atoms with van der Waals surface area (Å²) >= 11 is 1.30. The van der Waals surface area contributed by atoms with Crippen LogP contribution in [0.2, 0.25) is 0 Å². The van der Waals surface area contributed by atoms with E-state index in [-0.39, 0.29) is 5.12 Å². The van der Waals surface area contributed by atoms with Crippen molar-refractivity contribution in [3.63, 3.8) is 0 Å². The molecule has 0 bridgehead atoms. The van der Waals surface area contributed by atoms with Gasteiger partial charge < -0.3 is 15.0 Å². The third-order valence-corrected chi connectivity index (χ3v) is 8.71. The highest BCUT2D eigenvalue weighted by molar-refractivity contribution is 8.13. The lowest BCUT2D eigenvalue weighted by Gasteiger charge is -2.45. The first-order valence-corrected chi connectivity index (χ1v) is 13.0. The summed E-state index contributed by atoms with van der Waals surface area (Å²) in [6.45, 7) is 23.6. The summed E-state index contributed by atoms with van der Waals surface area (Å²) in [5, 5.41) is 0.123. The predicted octanol–water partition coefficient (Wildman–Crippen LogP) is 4.73. The second-order valence-corrected chi connectivity index (χ2v) is 11.8. The van der Waals surface area contributed by atoms with E-state index in [1.165, 1.54) is 11.8 Å². The first-order valence-electron chi connectivity index (χ1n) is 10.8. The monoisotopic (exact) mass is 451 g/mol. The molecule has 0 aromatic heterocycles. The smallest absolute Gasteiger partial charge is 0.195 e. The highest BCUT2D eigenvalue weighted by Crippen LogP contribution is 2.50.